The van der Waals surface area contributed by atoms with Gasteiger partial charge in [-0.2, -0.15) is 5.10 Å². The second-order valence-corrected chi connectivity index (χ2v) is 6.38. The predicted molar refractivity (Wildman–Crippen MR) is 95.0 cm³/mol. The third kappa shape index (κ3) is 2.65. The Labute approximate surface area is 148 Å². The molecule has 9 heteroatoms. The summed E-state index contributed by atoms with van der Waals surface area (Å²) in [5.74, 6) is 1.22. The van der Waals surface area contributed by atoms with E-state index in [2.05, 4.69) is 15.1 Å². The van der Waals surface area contributed by atoms with Crippen LogP contribution >= 0.6 is 0 Å². The second-order valence-electron chi connectivity index (χ2n) is 6.38. The Hall–Kier alpha value is -2.78. The Kier molecular flexibility index (Phi) is 4.17. The molecule has 0 radical (unpaired) electrons. The lowest BCUT2D eigenvalue weighted by molar-refractivity contribution is 0.0782. The Bertz CT molecular complexity index is 1040. The van der Waals surface area contributed by atoms with Crippen molar-refractivity contribution < 1.29 is 10.2 Å². The number of fused-ring (bicyclic) bond motifs is 3. The van der Waals surface area contributed by atoms with Gasteiger partial charge in [0.05, 0.1) is 36.7 Å². The molecule has 1 aliphatic rings. The lowest BCUT2D eigenvalue weighted by atomic mass is 10.1. The van der Waals surface area contributed by atoms with Gasteiger partial charge in [0.1, 0.15) is 5.82 Å². The van der Waals surface area contributed by atoms with Crippen LogP contribution in [0.15, 0.2) is 34.6 Å². The average molecular weight is 356 g/mol. The van der Waals surface area contributed by atoms with Crippen molar-refractivity contribution in [1.82, 2.24) is 23.7 Å². The molecule has 136 valence electrons. The lowest BCUT2D eigenvalue weighted by Crippen LogP contribution is -2.26. The van der Waals surface area contributed by atoms with Crippen molar-refractivity contribution >= 4 is 17.3 Å². The molecule has 3 aromatic rings. The maximum atomic E-state index is 12.9. The monoisotopic (exact) mass is 356 g/mol. The van der Waals surface area contributed by atoms with Crippen LogP contribution in [0.4, 0.5) is 5.82 Å². The molecule has 1 unspecified atom stereocenters. The number of aliphatic hydroxyl groups is 2. The number of imidazole rings is 1. The molecule has 2 N–H and O–H groups in total. The van der Waals surface area contributed by atoms with Gasteiger partial charge in [-0.1, -0.05) is 6.92 Å². The normalized spacial score (nSPS) is 14.7. The van der Waals surface area contributed by atoms with Crippen molar-refractivity contribution in [1.29, 1.82) is 0 Å². The molecule has 0 aliphatic carbocycles. The Morgan fingerprint density at radius 1 is 1.38 bits per heavy atom. The number of rotatable bonds is 6. The van der Waals surface area contributed by atoms with Gasteiger partial charge >= 0.3 is 0 Å². The van der Waals surface area contributed by atoms with Crippen molar-refractivity contribution in [2.24, 2.45) is 4.99 Å². The summed E-state index contributed by atoms with van der Waals surface area (Å²) in [6.45, 7) is 2.51. The number of aliphatic hydroxyl groups excluding tert-OH is 2. The van der Waals surface area contributed by atoms with E-state index in [0.29, 0.717) is 30.1 Å². The first kappa shape index (κ1) is 16.7. The van der Waals surface area contributed by atoms with Gasteiger partial charge in [0, 0.05) is 37.1 Å². The third-order valence-corrected chi connectivity index (χ3v) is 4.47. The molecule has 0 saturated carbocycles. The SMILES string of the molecule is CCCn1c(=O)c2c(n3ccnc13)N=C(c1cnn(CC(O)CO)c1)C2. The molecule has 0 aromatic carbocycles. The van der Waals surface area contributed by atoms with Crippen LogP contribution in [0.5, 0.6) is 0 Å². The van der Waals surface area contributed by atoms with E-state index in [1.807, 2.05) is 17.5 Å². The number of hydrogen-bond acceptors (Lipinski definition) is 6. The van der Waals surface area contributed by atoms with Gasteiger partial charge in [0.2, 0.25) is 5.78 Å². The fourth-order valence-electron chi connectivity index (χ4n) is 3.24. The fraction of sp³-hybridized carbons (Fsp3) is 0.412. The molecule has 4 heterocycles. The molecule has 3 aromatic heterocycles. The van der Waals surface area contributed by atoms with Gasteiger partial charge in [-0.05, 0) is 6.42 Å². The summed E-state index contributed by atoms with van der Waals surface area (Å²) in [7, 11) is 0. The van der Waals surface area contributed by atoms with Gasteiger partial charge < -0.3 is 10.2 Å². The van der Waals surface area contributed by atoms with E-state index in [1.54, 1.807) is 27.8 Å². The number of aryl methyl sites for hydroxylation is 1. The minimum Gasteiger partial charge on any atom is -0.394 e. The van der Waals surface area contributed by atoms with E-state index in [1.165, 1.54) is 0 Å². The van der Waals surface area contributed by atoms with Crippen molar-refractivity contribution in [2.45, 2.75) is 39.0 Å². The molecule has 0 amide bonds. The van der Waals surface area contributed by atoms with Crippen molar-refractivity contribution in [3.63, 3.8) is 0 Å². The van der Waals surface area contributed by atoms with E-state index >= 15 is 0 Å². The fourth-order valence-corrected chi connectivity index (χ4v) is 3.24. The van der Waals surface area contributed by atoms with Gasteiger partial charge in [-0.25, -0.2) is 9.98 Å². The zero-order chi connectivity index (χ0) is 18.3. The van der Waals surface area contributed by atoms with Crippen LogP contribution in [0, 0.1) is 0 Å². The summed E-state index contributed by atoms with van der Waals surface area (Å²) in [6, 6.07) is 0. The maximum Gasteiger partial charge on any atom is 0.260 e. The van der Waals surface area contributed by atoms with E-state index < -0.39 is 6.10 Å². The molecule has 9 nitrogen and oxygen atoms in total. The Morgan fingerprint density at radius 2 is 2.23 bits per heavy atom. The highest BCUT2D eigenvalue weighted by molar-refractivity contribution is 6.05. The molecular weight excluding hydrogens is 336 g/mol. The molecule has 0 fully saturated rings. The Morgan fingerprint density at radius 3 is 3.00 bits per heavy atom. The maximum absolute atomic E-state index is 12.9. The molecule has 0 saturated heterocycles. The third-order valence-electron chi connectivity index (χ3n) is 4.47. The van der Waals surface area contributed by atoms with Crippen molar-refractivity contribution in [2.75, 3.05) is 6.61 Å². The molecule has 0 bridgehead atoms. The van der Waals surface area contributed by atoms with Crippen LogP contribution in [0.25, 0.3) is 5.78 Å². The number of aromatic nitrogens is 5. The predicted octanol–water partition coefficient (Wildman–Crippen LogP) is 0.133. The molecule has 1 aliphatic heterocycles. The van der Waals surface area contributed by atoms with Gasteiger partial charge in [-0.15, -0.1) is 0 Å². The highest BCUT2D eigenvalue weighted by atomic mass is 16.3. The van der Waals surface area contributed by atoms with Gasteiger partial charge in [0.25, 0.3) is 5.56 Å². The second kappa shape index (κ2) is 6.50. The zero-order valence-electron chi connectivity index (χ0n) is 14.4. The number of hydrogen-bond donors (Lipinski definition) is 2. The summed E-state index contributed by atoms with van der Waals surface area (Å²) in [4.78, 5) is 21.9. The Balaban J connectivity index is 1.73. The average Bonchev–Trinajstić information content (AvgIpc) is 3.36. The molecular formula is C17H20N6O3. The molecule has 1 atom stereocenters. The van der Waals surface area contributed by atoms with Crippen molar-refractivity contribution in [3.8, 4) is 0 Å². The molecule has 4 rings (SSSR count). The zero-order valence-corrected chi connectivity index (χ0v) is 14.4. The summed E-state index contributed by atoms with van der Waals surface area (Å²) in [5.41, 5.74) is 2.15. The van der Waals surface area contributed by atoms with Crippen LogP contribution in [0.2, 0.25) is 0 Å². The van der Waals surface area contributed by atoms with E-state index in [4.69, 9.17) is 5.11 Å². The largest absolute Gasteiger partial charge is 0.394 e. The summed E-state index contributed by atoms with van der Waals surface area (Å²) in [5, 5.41) is 22.7. The van der Waals surface area contributed by atoms with Crippen LogP contribution < -0.4 is 5.56 Å². The van der Waals surface area contributed by atoms with E-state index in [0.717, 1.165) is 17.7 Å². The van der Waals surface area contributed by atoms with Crippen LogP contribution in [-0.2, 0) is 19.5 Å². The van der Waals surface area contributed by atoms with Crippen LogP contribution in [-0.4, -0.2) is 52.4 Å². The molecule has 26 heavy (non-hydrogen) atoms. The molecule has 0 spiro atoms. The first-order valence-corrected chi connectivity index (χ1v) is 8.60. The standard InChI is InChI=1S/C17H20N6O3/c1-2-4-23-16(26)13-6-14(20-15(13)22-5-3-18-17(22)23)11-7-19-21(8-11)9-12(25)10-24/h3,5,7-8,12,24-25H,2,4,6,9-10H2,1H3. The van der Waals surface area contributed by atoms with Crippen molar-refractivity contribution in [3.05, 3.63) is 46.3 Å². The van der Waals surface area contributed by atoms with Crippen LogP contribution in [0.1, 0.15) is 24.5 Å². The van der Waals surface area contributed by atoms with E-state index in [-0.39, 0.29) is 18.7 Å². The quantitative estimate of drug-likeness (QED) is 0.652. The van der Waals surface area contributed by atoms with Crippen LogP contribution in [0.3, 0.4) is 0 Å². The minimum atomic E-state index is -0.864. The van der Waals surface area contributed by atoms with Gasteiger partial charge in [-0.3, -0.25) is 18.4 Å². The van der Waals surface area contributed by atoms with E-state index in [9.17, 15) is 9.90 Å². The van der Waals surface area contributed by atoms with Gasteiger partial charge in [0.15, 0.2) is 0 Å². The highest BCUT2D eigenvalue weighted by Gasteiger charge is 2.25. The summed E-state index contributed by atoms with van der Waals surface area (Å²) in [6.07, 6.45) is 7.31. The lowest BCUT2D eigenvalue weighted by Gasteiger charge is -2.09. The first-order chi connectivity index (χ1) is 12.6. The topological polar surface area (TPSA) is 110 Å². The summed E-state index contributed by atoms with van der Waals surface area (Å²) >= 11 is 0. The first-order valence-electron chi connectivity index (χ1n) is 8.60. The summed E-state index contributed by atoms with van der Waals surface area (Å²) < 4.78 is 5.10. The highest BCUT2D eigenvalue weighted by Crippen LogP contribution is 2.27. The minimum absolute atomic E-state index is 0.0533. The number of aliphatic imine (C=N–C) groups is 1. The smallest absolute Gasteiger partial charge is 0.260 e. The number of nitrogens with zero attached hydrogens (tertiary/aromatic N) is 6.